The van der Waals surface area contributed by atoms with Crippen LogP contribution in [0.15, 0.2) is 53.4 Å². The molecule has 0 unspecified atom stereocenters. The van der Waals surface area contributed by atoms with Gasteiger partial charge in [0, 0.05) is 31.7 Å². The van der Waals surface area contributed by atoms with Gasteiger partial charge in [-0.2, -0.15) is 4.31 Å². The fraction of sp³-hybridized carbons (Fsp3) is 0.409. The molecule has 0 N–H and O–H groups in total. The molecule has 2 aromatic carbocycles. The molecule has 0 aliphatic carbocycles. The monoisotopic (exact) mass is 400 g/mol. The van der Waals surface area contributed by atoms with Crippen LogP contribution in [0.1, 0.15) is 47.7 Å². The van der Waals surface area contributed by atoms with Gasteiger partial charge >= 0.3 is 0 Å². The minimum absolute atomic E-state index is 0.0429. The zero-order chi connectivity index (χ0) is 20.3. The first-order valence-electron chi connectivity index (χ1n) is 9.79. The maximum atomic E-state index is 13.0. The van der Waals surface area contributed by atoms with Crippen LogP contribution in [0.4, 0.5) is 0 Å². The number of carbonyl (C=O) groups excluding carboxylic acids is 1. The number of amides is 1. The number of hydrogen-bond donors (Lipinski definition) is 0. The highest BCUT2D eigenvalue weighted by Gasteiger charge is 2.30. The number of aryl methyl sites for hydroxylation is 1. The second-order valence-corrected chi connectivity index (χ2v) is 9.38. The van der Waals surface area contributed by atoms with Crippen LogP contribution >= 0.6 is 0 Å². The van der Waals surface area contributed by atoms with Crippen molar-refractivity contribution in [1.82, 2.24) is 9.21 Å². The van der Waals surface area contributed by atoms with Crippen molar-refractivity contribution < 1.29 is 13.2 Å². The van der Waals surface area contributed by atoms with E-state index < -0.39 is 10.0 Å². The maximum absolute atomic E-state index is 13.0. The lowest BCUT2D eigenvalue weighted by Gasteiger charge is -2.34. The lowest BCUT2D eigenvalue weighted by Crippen LogP contribution is -2.50. The van der Waals surface area contributed by atoms with Gasteiger partial charge in [-0.15, -0.1) is 0 Å². The van der Waals surface area contributed by atoms with Gasteiger partial charge in [0.25, 0.3) is 5.91 Å². The molecule has 1 atom stereocenters. The molecule has 2 aromatic rings. The van der Waals surface area contributed by atoms with Gasteiger partial charge in [-0.05, 0) is 49.1 Å². The Hall–Kier alpha value is -2.18. The average molecular weight is 401 g/mol. The van der Waals surface area contributed by atoms with Crippen LogP contribution in [0.25, 0.3) is 0 Å². The van der Waals surface area contributed by atoms with Crippen molar-refractivity contribution >= 4 is 15.9 Å². The van der Waals surface area contributed by atoms with Crippen LogP contribution in [0.5, 0.6) is 0 Å². The summed E-state index contributed by atoms with van der Waals surface area (Å²) < 4.78 is 27.4. The molecule has 6 heteroatoms. The third-order valence-corrected chi connectivity index (χ3v) is 7.40. The molecule has 5 nitrogen and oxygen atoms in total. The van der Waals surface area contributed by atoms with Crippen LogP contribution in [-0.2, 0) is 10.0 Å². The summed E-state index contributed by atoms with van der Waals surface area (Å²) in [5.41, 5.74) is 2.83. The number of sulfonamides is 1. The number of piperazine rings is 1. The summed E-state index contributed by atoms with van der Waals surface area (Å²) in [6.45, 7) is 7.63. The van der Waals surface area contributed by atoms with E-state index in [4.69, 9.17) is 0 Å². The summed E-state index contributed by atoms with van der Waals surface area (Å²) in [5.74, 6) is 0.367. The number of hydrogen-bond acceptors (Lipinski definition) is 3. The molecule has 1 aliphatic heterocycles. The molecule has 0 bridgehead atoms. The largest absolute Gasteiger partial charge is 0.336 e. The molecule has 0 spiro atoms. The summed E-state index contributed by atoms with van der Waals surface area (Å²) in [6.07, 6.45) is 1.02. The van der Waals surface area contributed by atoms with Crippen LogP contribution < -0.4 is 0 Å². The topological polar surface area (TPSA) is 57.7 Å². The van der Waals surface area contributed by atoms with E-state index >= 15 is 0 Å². The van der Waals surface area contributed by atoms with Gasteiger partial charge in [0.05, 0.1) is 4.90 Å². The normalized spacial score (nSPS) is 16.8. The van der Waals surface area contributed by atoms with E-state index in [-0.39, 0.29) is 5.91 Å². The Kier molecular flexibility index (Phi) is 6.20. The van der Waals surface area contributed by atoms with Crippen LogP contribution in [0, 0.1) is 6.92 Å². The molecule has 0 radical (unpaired) electrons. The molecule has 1 saturated heterocycles. The van der Waals surface area contributed by atoms with Gasteiger partial charge in [0.2, 0.25) is 10.0 Å². The van der Waals surface area contributed by atoms with E-state index in [1.807, 2.05) is 37.3 Å². The van der Waals surface area contributed by atoms with Crippen molar-refractivity contribution in [3.63, 3.8) is 0 Å². The predicted molar refractivity (Wildman–Crippen MR) is 111 cm³/mol. The molecule has 150 valence electrons. The third kappa shape index (κ3) is 4.28. The van der Waals surface area contributed by atoms with E-state index in [0.717, 1.165) is 17.5 Å². The summed E-state index contributed by atoms with van der Waals surface area (Å²) in [5, 5.41) is 0. The van der Waals surface area contributed by atoms with Crippen molar-refractivity contribution in [1.29, 1.82) is 0 Å². The van der Waals surface area contributed by atoms with Crippen molar-refractivity contribution in [2.24, 2.45) is 0 Å². The summed E-state index contributed by atoms with van der Waals surface area (Å²) in [6, 6.07) is 14.7. The van der Waals surface area contributed by atoms with Crippen molar-refractivity contribution in [2.45, 2.75) is 38.0 Å². The number of carbonyl (C=O) groups is 1. The van der Waals surface area contributed by atoms with Crippen LogP contribution in [0.3, 0.4) is 0 Å². The number of rotatable bonds is 5. The average Bonchev–Trinajstić information content (AvgIpc) is 2.72. The highest BCUT2D eigenvalue weighted by Crippen LogP contribution is 2.23. The molecule has 0 aromatic heterocycles. The second kappa shape index (κ2) is 8.45. The van der Waals surface area contributed by atoms with E-state index in [9.17, 15) is 13.2 Å². The van der Waals surface area contributed by atoms with Gasteiger partial charge < -0.3 is 4.90 Å². The zero-order valence-electron chi connectivity index (χ0n) is 16.8. The van der Waals surface area contributed by atoms with Crippen molar-refractivity contribution in [2.75, 3.05) is 26.2 Å². The second-order valence-electron chi connectivity index (χ2n) is 7.44. The summed E-state index contributed by atoms with van der Waals surface area (Å²) >= 11 is 0. The first-order valence-corrected chi connectivity index (χ1v) is 11.2. The van der Waals surface area contributed by atoms with E-state index in [1.165, 1.54) is 4.31 Å². The smallest absolute Gasteiger partial charge is 0.253 e. The Morgan fingerprint density at radius 3 is 2.25 bits per heavy atom. The highest BCUT2D eigenvalue weighted by atomic mass is 32.2. The molecule has 1 fully saturated rings. The Balaban J connectivity index is 1.67. The molecule has 3 rings (SSSR count). The van der Waals surface area contributed by atoms with E-state index in [0.29, 0.717) is 42.6 Å². The van der Waals surface area contributed by atoms with Gasteiger partial charge in [-0.1, -0.05) is 43.7 Å². The van der Waals surface area contributed by atoms with Gasteiger partial charge in [0.15, 0.2) is 0 Å². The Labute approximate surface area is 168 Å². The quantitative estimate of drug-likeness (QED) is 0.770. The van der Waals surface area contributed by atoms with Gasteiger partial charge in [-0.3, -0.25) is 4.79 Å². The van der Waals surface area contributed by atoms with Crippen molar-refractivity contribution in [3.05, 3.63) is 65.2 Å². The standard InChI is InChI=1S/C22H28N2O3S/c1-4-18(3)19-8-10-21(11-9-19)28(26,27)24-14-12-23(13-15-24)22(25)20-7-5-6-17(2)16-20/h5-11,16,18H,4,12-15H2,1-3H3/t18-/m1/s1. The highest BCUT2D eigenvalue weighted by molar-refractivity contribution is 7.89. The fourth-order valence-electron chi connectivity index (χ4n) is 3.45. The predicted octanol–water partition coefficient (Wildman–Crippen LogP) is 3.66. The van der Waals surface area contributed by atoms with Crippen molar-refractivity contribution in [3.8, 4) is 0 Å². The molecule has 1 aliphatic rings. The van der Waals surface area contributed by atoms with Gasteiger partial charge in [0.1, 0.15) is 0 Å². The third-order valence-electron chi connectivity index (χ3n) is 5.49. The number of nitrogens with zero attached hydrogens (tertiary/aromatic N) is 2. The lowest BCUT2D eigenvalue weighted by atomic mass is 9.99. The minimum atomic E-state index is -3.54. The van der Waals surface area contributed by atoms with E-state index in [1.54, 1.807) is 23.1 Å². The lowest BCUT2D eigenvalue weighted by molar-refractivity contribution is 0.0698. The molecular formula is C22H28N2O3S. The van der Waals surface area contributed by atoms with Gasteiger partial charge in [-0.25, -0.2) is 8.42 Å². The number of benzene rings is 2. The molecule has 28 heavy (non-hydrogen) atoms. The van der Waals surface area contributed by atoms with Crippen LogP contribution in [-0.4, -0.2) is 49.7 Å². The Morgan fingerprint density at radius 2 is 1.68 bits per heavy atom. The molecule has 1 amide bonds. The maximum Gasteiger partial charge on any atom is 0.253 e. The molecule has 1 heterocycles. The first-order chi connectivity index (χ1) is 13.3. The summed E-state index contributed by atoms with van der Waals surface area (Å²) in [7, 11) is -3.54. The van der Waals surface area contributed by atoms with Crippen LogP contribution in [0.2, 0.25) is 0 Å². The Morgan fingerprint density at radius 1 is 1.04 bits per heavy atom. The fourth-order valence-corrected chi connectivity index (χ4v) is 4.87. The minimum Gasteiger partial charge on any atom is -0.336 e. The Bertz CT molecular complexity index is 931. The summed E-state index contributed by atoms with van der Waals surface area (Å²) in [4.78, 5) is 14.7. The zero-order valence-corrected chi connectivity index (χ0v) is 17.6. The molecular weight excluding hydrogens is 372 g/mol. The SMILES string of the molecule is CC[C@@H](C)c1ccc(S(=O)(=O)N2CCN(C(=O)c3cccc(C)c3)CC2)cc1. The van der Waals surface area contributed by atoms with E-state index in [2.05, 4.69) is 13.8 Å². The molecule has 0 saturated carbocycles. The first kappa shape index (κ1) is 20.6.